The molecule has 6 heteroatoms. The zero-order valence-corrected chi connectivity index (χ0v) is 13.1. The maximum absolute atomic E-state index is 11.0. The molecular weight excluding hydrogens is 336 g/mol. The molecule has 0 aromatic heterocycles. The molecule has 0 radical (unpaired) electrons. The Morgan fingerprint density at radius 1 is 1.29 bits per heavy atom. The first kappa shape index (κ1) is 15.5. The van der Waals surface area contributed by atoms with E-state index >= 15 is 0 Å². The number of para-hydroxylation sites is 1. The summed E-state index contributed by atoms with van der Waals surface area (Å²) < 4.78 is 6.50. The highest BCUT2D eigenvalue weighted by atomic mass is 79.9. The average Bonchev–Trinajstić information content (AvgIpc) is 2.47. The van der Waals surface area contributed by atoms with E-state index in [1.54, 1.807) is 18.2 Å². The number of nitro benzene ring substituents is 1. The first-order valence-electron chi connectivity index (χ1n) is 6.40. The summed E-state index contributed by atoms with van der Waals surface area (Å²) in [4.78, 5) is 10.6. The number of nitrogens with one attached hydrogen (secondary N) is 1. The normalized spacial score (nSPS) is 10.4. The van der Waals surface area contributed by atoms with E-state index in [0.29, 0.717) is 11.3 Å². The van der Waals surface area contributed by atoms with Gasteiger partial charge in [-0.25, -0.2) is 0 Å². The van der Waals surface area contributed by atoms with Crippen LogP contribution >= 0.6 is 15.9 Å². The smallest absolute Gasteiger partial charge is 0.276 e. The lowest BCUT2D eigenvalue weighted by atomic mass is 10.2. The molecule has 5 nitrogen and oxygen atoms in total. The van der Waals surface area contributed by atoms with E-state index in [2.05, 4.69) is 21.2 Å². The third-order valence-corrected chi connectivity index (χ3v) is 3.57. The second-order valence-corrected chi connectivity index (χ2v) is 5.32. The van der Waals surface area contributed by atoms with Crippen LogP contribution in [0.3, 0.4) is 0 Å². The van der Waals surface area contributed by atoms with Crippen LogP contribution in [0.5, 0.6) is 5.75 Å². The SMILES string of the molecule is CNCc1ccc(OCc2ccccc2[N+](=O)[O-])c(Br)c1. The molecule has 0 spiro atoms. The highest BCUT2D eigenvalue weighted by molar-refractivity contribution is 9.10. The minimum Gasteiger partial charge on any atom is -0.487 e. The molecule has 0 saturated heterocycles. The van der Waals surface area contributed by atoms with Gasteiger partial charge in [0, 0.05) is 12.6 Å². The molecule has 0 unspecified atom stereocenters. The number of halogens is 1. The Morgan fingerprint density at radius 2 is 2.05 bits per heavy atom. The van der Waals surface area contributed by atoms with Gasteiger partial charge in [0.15, 0.2) is 0 Å². The largest absolute Gasteiger partial charge is 0.487 e. The van der Waals surface area contributed by atoms with E-state index in [1.807, 2.05) is 25.2 Å². The molecule has 0 aliphatic rings. The third kappa shape index (κ3) is 4.03. The average molecular weight is 351 g/mol. The minimum atomic E-state index is -0.399. The van der Waals surface area contributed by atoms with Crippen LogP contribution in [0.25, 0.3) is 0 Å². The van der Waals surface area contributed by atoms with Gasteiger partial charge >= 0.3 is 0 Å². The summed E-state index contributed by atoms with van der Waals surface area (Å²) in [7, 11) is 1.88. The number of hydrogen-bond acceptors (Lipinski definition) is 4. The lowest BCUT2D eigenvalue weighted by Crippen LogP contribution is -2.05. The third-order valence-electron chi connectivity index (χ3n) is 2.95. The van der Waals surface area contributed by atoms with E-state index < -0.39 is 4.92 Å². The van der Waals surface area contributed by atoms with Crippen LogP contribution in [0.4, 0.5) is 5.69 Å². The van der Waals surface area contributed by atoms with Crippen molar-refractivity contribution in [3.63, 3.8) is 0 Å². The highest BCUT2D eigenvalue weighted by Crippen LogP contribution is 2.28. The Morgan fingerprint density at radius 3 is 2.71 bits per heavy atom. The first-order chi connectivity index (χ1) is 10.1. The van der Waals surface area contributed by atoms with E-state index in [0.717, 1.165) is 16.6 Å². The Hall–Kier alpha value is -1.92. The summed E-state index contributed by atoms with van der Waals surface area (Å²) in [5.74, 6) is 0.660. The zero-order chi connectivity index (χ0) is 15.2. The van der Waals surface area contributed by atoms with Gasteiger partial charge in [0.25, 0.3) is 5.69 Å². The first-order valence-corrected chi connectivity index (χ1v) is 7.19. The van der Waals surface area contributed by atoms with Crippen LogP contribution in [0, 0.1) is 10.1 Å². The van der Waals surface area contributed by atoms with Crippen molar-refractivity contribution in [1.82, 2.24) is 5.32 Å². The van der Waals surface area contributed by atoms with Gasteiger partial charge in [0.2, 0.25) is 0 Å². The number of nitro groups is 1. The van der Waals surface area contributed by atoms with Gasteiger partial charge in [-0.2, -0.15) is 0 Å². The Bertz CT molecular complexity index is 647. The number of ether oxygens (including phenoxy) is 1. The lowest BCUT2D eigenvalue weighted by Gasteiger charge is -2.10. The Labute approximate surface area is 131 Å². The van der Waals surface area contributed by atoms with Gasteiger partial charge in [-0.3, -0.25) is 10.1 Å². The summed E-state index contributed by atoms with van der Waals surface area (Å²) in [5, 5.41) is 14.0. The monoisotopic (exact) mass is 350 g/mol. The molecule has 21 heavy (non-hydrogen) atoms. The molecule has 0 aliphatic heterocycles. The molecule has 2 rings (SSSR count). The fourth-order valence-corrected chi connectivity index (χ4v) is 2.48. The maximum Gasteiger partial charge on any atom is 0.276 e. The quantitative estimate of drug-likeness (QED) is 0.637. The maximum atomic E-state index is 11.0. The topological polar surface area (TPSA) is 64.4 Å². The van der Waals surface area contributed by atoms with Crippen molar-refractivity contribution in [2.45, 2.75) is 13.2 Å². The second-order valence-electron chi connectivity index (χ2n) is 4.47. The molecule has 0 heterocycles. The van der Waals surface area contributed by atoms with Crippen LogP contribution in [-0.4, -0.2) is 12.0 Å². The molecule has 0 bridgehead atoms. The summed E-state index contributed by atoms with van der Waals surface area (Å²) in [6, 6.07) is 12.3. The van der Waals surface area contributed by atoms with Crippen molar-refractivity contribution in [1.29, 1.82) is 0 Å². The summed E-state index contributed by atoms with van der Waals surface area (Å²) >= 11 is 3.45. The summed E-state index contributed by atoms with van der Waals surface area (Å²) in [5.41, 5.74) is 1.75. The number of hydrogen-bond donors (Lipinski definition) is 1. The number of rotatable bonds is 6. The molecular formula is C15H15BrN2O3. The van der Waals surface area contributed by atoms with Crippen molar-refractivity contribution >= 4 is 21.6 Å². The minimum absolute atomic E-state index is 0.0698. The van der Waals surface area contributed by atoms with E-state index in [9.17, 15) is 10.1 Å². The molecule has 0 atom stereocenters. The highest BCUT2D eigenvalue weighted by Gasteiger charge is 2.13. The van der Waals surface area contributed by atoms with E-state index in [1.165, 1.54) is 6.07 Å². The summed E-state index contributed by atoms with van der Waals surface area (Å²) in [6.45, 7) is 0.921. The number of nitrogens with zero attached hydrogens (tertiary/aromatic N) is 1. The van der Waals surface area contributed by atoms with Crippen LogP contribution in [0.15, 0.2) is 46.9 Å². The van der Waals surface area contributed by atoms with Crippen LogP contribution < -0.4 is 10.1 Å². The van der Waals surface area contributed by atoms with Crippen LogP contribution in [0.1, 0.15) is 11.1 Å². The summed E-state index contributed by atoms with van der Waals surface area (Å²) in [6.07, 6.45) is 0. The van der Waals surface area contributed by atoms with Crippen LogP contribution in [0.2, 0.25) is 0 Å². The predicted octanol–water partition coefficient (Wildman–Crippen LogP) is 3.66. The zero-order valence-electron chi connectivity index (χ0n) is 11.5. The molecule has 1 N–H and O–H groups in total. The van der Waals surface area contributed by atoms with Crippen molar-refractivity contribution < 1.29 is 9.66 Å². The molecule has 0 saturated carbocycles. The van der Waals surface area contributed by atoms with Gasteiger partial charge < -0.3 is 10.1 Å². The molecule has 2 aromatic rings. The number of benzene rings is 2. The van der Waals surface area contributed by atoms with Crippen molar-refractivity contribution in [3.05, 3.63) is 68.2 Å². The molecule has 0 fully saturated rings. The molecule has 0 aliphatic carbocycles. The lowest BCUT2D eigenvalue weighted by molar-refractivity contribution is -0.385. The van der Waals surface area contributed by atoms with E-state index in [-0.39, 0.29) is 12.3 Å². The predicted molar refractivity (Wildman–Crippen MR) is 84.3 cm³/mol. The van der Waals surface area contributed by atoms with Gasteiger partial charge in [-0.15, -0.1) is 0 Å². The Kier molecular flexibility index (Phi) is 5.30. The van der Waals surface area contributed by atoms with Gasteiger partial charge in [-0.05, 0) is 46.7 Å². The molecule has 0 amide bonds. The fraction of sp³-hybridized carbons (Fsp3) is 0.200. The second kappa shape index (κ2) is 7.19. The fourth-order valence-electron chi connectivity index (χ4n) is 1.94. The van der Waals surface area contributed by atoms with Gasteiger partial charge in [-0.1, -0.05) is 18.2 Å². The van der Waals surface area contributed by atoms with E-state index in [4.69, 9.17) is 4.74 Å². The van der Waals surface area contributed by atoms with Crippen molar-refractivity contribution in [2.75, 3.05) is 7.05 Å². The van der Waals surface area contributed by atoms with Crippen molar-refractivity contribution in [2.24, 2.45) is 0 Å². The van der Waals surface area contributed by atoms with Gasteiger partial charge in [0.05, 0.1) is 15.0 Å². The standard InChI is InChI=1S/C15H15BrN2O3/c1-17-9-11-6-7-15(13(16)8-11)21-10-12-4-2-3-5-14(12)18(19)20/h2-8,17H,9-10H2,1H3. The molecule has 110 valence electrons. The van der Waals surface area contributed by atoms with Crippen LogP contribution in [-0.2, 0) is 13.2 Å². The molecule has 2 aromatic carbocycles. The van der Waals surface area contributed by atoms with Gasteiger partial charge in [0.1, 0.15) is 12.4 Å². The van der Waals surface area contributed by atoms with Crippen molar-refractivity contribution in [3.8, 4) is 5.75 Å². The Balaban J connectivity index is 2.12.